The standard InChI is InChI=1S/C17H15Cl2NO4/c1-10-8-11(18)9-13(19)14(10)20-7-5-4-6-12(16(21)23-2)15(20)17(22)24-3/h4-9H,1-3H3. The fourth-order valence-electron chi connectivity index (χ4n) is 2.34. The number of aryl methyl sites for hydroxylation is 1. The molecule has 0 amide bonds. The highest BCUT2D eigenvalue weighted by Gasteiger charge is 2.29. The minimum absolute atomic E-state index is 0.00155. The van der Waals surface area contributed by atoms with E-state index in [1.165, 1.54) is 25.2 Å². The SMILES string of the molecule is COC(=O)C1=C(C(=O)OC)N(c2c(C)cc(Cl)cc2Cl)C=CC=C1. The Hall–Kier alpha value is -2.24. The van der Waals surface area contributed by atoms with Crippen molar-refractivity contribution in [2.24, 2.45) is 0 Å². The maximum Gasteiger partial charge on any atom is 0.355 e. The summed E-state index contributed by atoms with van der Waals surface area (Å²) >= 11 is 12.3. The molecular weight excluding hydrogens is 353 g/mol. The Bertz CT molecular complexity index is 758. The highest BCUT2D eigenvalue weighted by atomic mass is 35.5. The van der Waals surface area contributed by atoms with Crippen molar-refractivity contribution in [2.75, 3.05) is 19.1 Å². The Labute approximate surface area is 149 Å². The summed E-state index contributed by atoms with van der Waals surface area (Å²) in [6.45, 7) is 1.80. The van der Waals surface area contributed by atoms with Crippen molar-refractivity contribution in [1.29, 1.82) is 0 Å². The number of carbonyl (C=O) groups excluding carboxylic acids is 2. The second kappa shape index (κ2) is 7.55. The van der Waals surface area contributed by atoms with Gasteiger partial charge >= 0.3 is 11.9 Å². The quantitative estimate of drug-likeness (QED) is 0.760. The largest absolute Gasteiger partial charge is 0.465 e. The molecule has 0 bridgehead atoms. The molecular formula is C17H15Cl2NO4. The van der Waals surface area contributed by atoms with Crippen LogP contribution < -0.4 is 4.90 Å². The lowest BCUT2D eigenvalue weighted by Crippen LogP contribution is -2.27. The zero-order valence-electron chi connectivity index (χ0n) is 13.3. The number of benzene rings is 1. The van der Waals surface area contributed by atoms with Crippen LogP contribution in [0.25, 0.3) is 0 Å². The Kier molecular flexibility index (Phi) is 5.70. The van der Waals surface area contributed by atoms with Crippen LogP contribution in [0.4, 0.5) is 5.69 Å². The van der Waals surface area contributed by atoms with E-state index in [0.29, 0.717) is 15.7 Å². The van der Waals surface area contributed by atoms with Gasteiger partial charge in [0.1, 0.15) is 5.70 Å². The Balaban J connectivity index is 2.75. The lowest BCUT2D eigenvalue weighted by atomic mass is 10.1. The molecule has 0 saturated carbocycles. The van der Waals surface area contributed by atoms with Gasteiger partial charge in [-0.3, -0.25) is 0 Å². The molecule has 1 aliphatic rings. The predicted octanol–water partition coefficient (Wildman–Crippen LogP) is 3.79. The molecule has 7 heteroatoms. The molecule has 0 spiro atoms. The summed E-state index contributed by atoms with van der Waals surface area (Å²) in [5.74, 6) is -1.36. The molecule has 0 unspecified atom stereocenters. The maximum atomic E-state index is 12.4. The number of carbonyl (C=O) groups is 2. The van der Waals surface area contributed by atoms with Crippen LogP contribution in [-0.4, -0.2) is 26.2 Å². The minimum atomic E-state index is -0.697. The molecule has 1 aromatic rings. The number of hydrogen-bond acceptors (Lipinski definition) is 5. The first-order valence-electron chi connectivity index (χ1n) is 6.91. The second-order valence-corrected chi connectivity index (χ2v) is 5.71. The van der Waals surface area contributed by atoms with Gasteiger partial charge in [0, 0.05) is 11.2 Å². The van der Waals surface area contributed by atoms with Crippen LogP contribution in [0.1, 0.15) is 5.56 Å². The fourth-order valence-corrected chi connectivity index (χ4v) is 3.02. The topological polar surface area (TPSA) is 55.8 Å². The summed E-state index contributed by atoms with van der Waals surface area (Å²) in [6.07, 6.45) is 6.38. The van der Waals surface area contributed by atoms with Crippen LogP contribution in [0, 0.1) is 6.92 Å². The van der Waals surface area contributed by atoms with Crippen molar-refractivity contribution in [3.8, 4) is 0 Å². The van der Waals surface area contributed by atoms with Gasteiger partial charge in [0.2, 0.25) is 0 Å². The fraction of sp³-hybridized carbons (Fsp3) is 0.176. The zero-order chi connectivity index (χ0) is 17.9. The average molecular weight is 368 g/mol. The number of esters is 2. The molecule has 0 fully saturated rings. The van der Waals surface area contributed by atoms with Crippen LogP contribution in [-0.2, 0) is 19.1 Å². The van der Waals surface area contributed by atoms with Crippen molar-refractivity contribution in [3.05, 3.63) is 63.4 Å². The van der Waals surface area contributed by atoms with E-state index in [9.17, 15) is 9.59 Å². The van der Waals surface area contributed by atoms with Crippen LogP contribution >= 0.6 is 23.2 Å². The second-order valence-electron chi connectivity index (χ2n) is 4.87. The van der Waals surface area contributed by atoms with E-state index < -0.39 is 11.9 Å². The monoisotopic (exact) mass is 367 g/mol. The van der Waals surface area contributed by atoms with Crippen LogP contribution in [0.2, 0.25) is 10.0 Å². The van der Waals surface area contributed by atoms with E-state index in [1.807, 2.05) is 0 Å². The highest BCUT2D eigenvalue weighted by Crippen LogP contribution is 2.36. The summed E-state index contributed by atoms with van der Waals surface area (Å²) in [5, 5.41) is 0.798. The zero-order valence-corrected chi connectivity index (χ0v) is 14.8. The van der Waals surface area contributed by atoms with Crippen molar-refractivity contribution in [2.45, 2.75) is 6.92 Å². The first-order chi connectivity index (χ1) is 11.4. The van der Waals surface area contributed by atoms with Crippen molar-refractivity contribution in [1.82, 2.24) is 0 Å². The number of nitrogens with zero attached hydrogens (tertiary/aromatic N) is 1. The van der Waals surface area contributed by atoms with Gasteiger partial charge in [-0.25, -0.2) is 9.59 Å². The van der Waals surface area contributed by atoms with Crippen LogP contribution in [0.5, 0.6) is 0 Å². The molecule has 0 atom stereocenters. The molecule has 0 aromatic heterocycles. The number of rotatable bonds is 3. The van der Waals surface area contributed by atoms with Gasteiger partial charge in [0.05, 0.1) is 30.5 Å². The normalized spacial score (nSPS) is 13.8. The summed E-state index contributed by atoms with van der Waals surface area (Å²) < 4.78 is 9.61. The lowest BCUT2D eigenvalue weighted by molar-refractivity contribution is -0.139. The average Bonchev–Trinajstić information content (AvgIpc) is 2.75. The Morgan fingerprint density at radius 3 is 2.29 bits per heavy atom. The summed E-state index contributed by atoms with van der Waals surface area (Å²) in [6, 6.07) is 3.27. The van der Waals surface area contributed by atoms with E-state index in [2.05, 4.69) is 0 Å². The van der Waals surface area contributed by atoms with Gasteiger partial charge in [-0.1, -0.05) is 29.3 Å². The van der Waals surface area contributed by atoms with Gasteiger partial charge < -0.3 is 14.4 Å². The van der Waals surface area contributed by atoms with Gasteiger partial charge in [-0.05, 0) is 36.8 Å². The third-order valence-corrected chi connectivity index (χ3v) is 3.86. The van der Waals surface area contributed by atoms with Gasteiger partial charge in [0.15, 0.2) is 0 Å². The van der Waals surface area contributed by atoms with E-state index in [1.54, 1.807) is 37.4 Å². The van der Waals surface area contributed by atoms with E-state index >= 15 is 0 Å². The van der Waals surface area contributed by atoms with Crippen molar-refractivity contribution >= 4 is 40.8 Å². The van der Waals surface area contributed by atoms with Crippen molar-refractivity contribution in [3.63, 3.8) is 0 Å². The smallest absolute Gasteiger partial charge is 0.355 e. The first-order valence-corrected chi connectivity index (χ1v) is 7.67. The molecule has 0 aliphatic carbocycles. The van der Waals surface area contributed by atoms with E-state index in [4.69, 9.17) is 32.7 Å². The first kappa shape index (κ1) is 18.1. The highest BCUT2D eigenvalue weighted by molar-refractivity contribution is 6.36. The molecule has 24 heavy (non-hydrogen) atoms. The number of hydrogen-bond donors (Lipinski definition) is 0. The number of methoxy groups -OCH3 is 2. The van der Waals surface area contributed by atoms with Gasteiger partial charge in [-0.2, -0.15) is 0 Å². The molecule has 1 aromatic carbocycles. The molecule has 126 valence electrons. The van der Waals surface area contributed by atoms with Crippen LogP contribution in [0.3, 0.4) is 0 Å². The molecule has 0 N–H and O–H groups in total. The molecule has 0 radical (unpaired) electrons. The Morgan fingerprint density at radius 1 is 1.04 bits per heavy atom. The number of allylic oxidation sites excluding steroid dienone is 2. The summed E-state index contributed by atoms with van der Waals surface area (Å²) in [5.41, 5.74) is 1.30. The maximum absolute atomic E-state index is 12.4. The number of ether oxygens (including phenoxy) is 2. The minimum Gasteiger partial charge on any atom is -0.465 e. The predicted molar refractivity (Wildman–Crippen MR) is 93.0 cm³/mol. The number of anilines is 1. The Morgan fingerprint density at radius 2 is 1.71 bits per heavy atom. The third kappa shape index (κ3) is 3.47. The summed E-state index contributed by atoms with van der Waals surface area (Å²) in [4.78, 5) is 26.0. The molecule has 2 rings (SSSR count). The lowest BCUT2D eigenvalue weighted by Gasteiger charge is -2.25. The van der Waals surface area contributed by atoms with Gasteiger partial charge in [0.25, 0.3) is 0 Å². The molecule has 0 saturated heterocycles. The van der Waals surface area contributed by atoms with Gasteiger partial charge in [-0.15, -0.1) is 0 Å². The van der Waals surface area contributed by atoms with E-state index in [0.717, 1.165) is 5.56 Å². The van der Waals surface area contributed by atoms with E-state index in [-0.39, 0.29) is 11.3 Å². The van der Waals surface area contributed by atoms with Crippen molar-refractivity contribution < 1.29 is 19.1 Å². The summed E-state index contributed by atoms with van der Waals surface area (Å²) in [7, 11) is 2.47. The molecule has 1 aliphatic heterocycles. The number of halogens is 2. The van der Waals surface area contributed by atoms with Crippen LogP contribution in [0.15, 0.2) is 47.8 Å². The molecule has 1 heterocycles. The molecule has 5 nitrogen and oxygen atoms in total. The third-order valence-electron chi connectivity index (χ3n) is 3.35.